The molecular weight excluding hydrogens is 522 g/mol. The standard InChI is InChI=1S/C31H41N5O5/c1-31(2,3)41-30(39)35-15-13-25(14-16-35)36(24-11-12-24)29(38)23-18-32-27(33-19-23)21-7-9-22(10-8-21)28(37)34(4)26-6-5-17-40-20-26/h7-10,18-19,24-26H,5-6,11-17,20H2,1-4H3. The smallest absolute Gasteiger partial charge is 0.410 e. The van der Waals surface area contributed by atoms with E-state index < -0.39 is 5.60 Å². The predicted octanol–water partition coefficient (Wildman–Crippen LogP) is 4.40. The fourth-order valence-electron chi connectivity index (χ4n) is 5.53. The molecule has 3 heterocycles. The van der Waals surface area contributed by atoms with Gasteiger partial charge in [0.2, 0.25) is 0 Å². The third-order valence-electron chi connectivity index (χ3n) is 7.98. The van der Waals surface area contributed by atoms with Gasteiger partial charge in [-0.1, -0.05) is 12.1 Å². The minimum Gasteiger partial charge on any atom is -0.444 e. The number of likely N-dealkylation sites (N-methyl/N-ethyl adjacent to an activating group) is 1. The van der Waals surface area contributed by atoms with Gasteiger partial charge in [-0.25, -0.2) is 14.8 Å². The van der Waals surface area contributed by atoms with Gasteiger partial charge >= 0.3 is 6.09 Å². The van der Waals surface area contributed by atoms with E-state index in [1.807, 2.05) is 44.9 Å². The topological polar surface area (TPSA) is 105 Å². The molecule has 2 saturated heterocycles. The number of benzene rings is 1. The Bertz CT molecular complexity index is 1230. The zero-order valence-corrected chi connectivity index (χ0v) is 24.5. The number of hydrogen-bond donors (Lipinski definition) is 0. The Morgan fingerprint density at radius 1 is 0.878 bits per heavy atom. The number of likely N-dealkylation sites (tertiary alicyclic amines) is 1. The van der Waals surface area contributed by atoms with E-state index in [4.69, 9.17) is 9.47 Å². The number of rotatable bonds is 6. The van der Waals surface area contributed by atoms with Gasteiger partial charge in [0.05, 0.1) is 18.2 Å². The van der Waals surface area contributed by atoms with Crippen molar-refractivity contribution in [2.24, 2.45) is 0 Å². The van der Waals surface area contributed by atoms with Crippen molar-refractivity contribution in [1.82, 2.24) is 24.7 Å². The molecule has 3 fully saturated rings. The first-order valence-electron chi connectivity index (χ1n) is 14.7. The highest BCUT2D eigenvalue weighted by atomic mass is 16.6. The number of ether oxygens (including phenoxy) is 2. The van der Waals surface area contributed by atoms with Crippen LogP contribution < -0.4 is 0 Å². The van der Waals surface area contributed by atoms with Crippen LogP contribution in [0.2, 0.25) is 0 Å². The fourth-order valence-corrected chi connectivity index (χ4v) is 5.53. The van der Waals surface area contributed by atoms with Crippen LogP contribution >= 0.6 is 0 Å². The van der Waals surface area contributed by atoms with Gasteiger partial charge < -0.3 is 24.2 Å². The summed E-state index contributed by atoms with van der Waals surface area (Å²) in [7, 11) is 1.82. The van der Waals surface area contributed by atoms with Crippen LogP contribution in [0.15, 0.2) is 36.7 Å². The van der Waals surface area contributed by atoms with E-state index in [1.54, 1.807) is 34.3 Å². The normalized spacial score (nSPS) is 19.9. The average Bonchev–Trinajstić information content (AvgIpc) is 3.82. The fraction of sp³-hybridized carbons (Fsp3) is 0.581. The monoisotopic (exact) mass is 563 g/mol. The first-order valence-corrected chi connectivity index (χ1v) is 14.7. The summed E-state index contributed by atoms with van der Waals surface area (Å²) < 4.78 is 11.0. The average molecular weight is 564 g/mol. The molecule has 220 valence electrons. The second-order valence-corrected chi connectivity index (χ2v) is 12.3. The van der Waals surface area contributed by atoms with E-state index >= 15 is 0 Å². The van der Waals surface area contributed by atoms with Crippen LogP contribution in [-0.2, 0) is 9.47 Å². The summed E-state index contributed by atoms with van der Waals surface area (Å²) >= 11 is 0. The van der Waals surface area contributed by atoms with Gasteiger partial charge in [0.15, 0.2) is 5.82 Å². The van der Waals surface area contributed by atoms with E-state index in [2.05, 4.69) is 9.97 Å². The van der Waals surface area contributed by atoms with Crippen LogP contribution in [0.25, 0.3) is 11.4 Å². The van der Waals surface area contributed by atoms with Gasteiger partial charge in [0.25, 0.3) is 11.8 Å². The molecule has 41 heavy (non-hydrogen) atoms. The molecule has 0 spiro atoms. The van der Waals surface area contributed by atoms with Crippen molar-refractivity contribution in [2.75, 3.05) is 33.4 Å². The Hall–Kier alpha value is -3.53. The van der Waals surface area contributed by atoms with Crippen molar-refractivity contribution in [3.05, 3.63) is 47.8 Å². The Balaban J connectivity index is 1.20. The van der Waals surface area contributed by atoms with E-state index in [1.165, 1.54) is 0 Å². The SMILES string of the molecule is CN(C(=O)c1ccc(-c2ncc(C(=O)N(C3CC3)C3CCN(C(=O)OC(C)(C)C)CC3)cn2)cc1)C1CCCOC1. The van der Waals surface area contributed by atoms with Gasteiger partial charge in [-0.2, -0.15) is 0 Å². The molecule has 5 rings (SSSR count). The van der Waals surface area contributed by atoms with Crippen LogP contribution in [0, 0.1) is 0 Å². The zero-order chi connectivity index (χ0) is 29.1. The molecule has 3 aliphatic rings. The van der Waals surface area contributed by atoms with E-state index in [0.717, 1.165) is 37.9 Å². The maximum Gasteiger partial charge on any atom is 0.410 e. The number of hydrogen-bond acceptors (Lipinski definition) is 7. The first-order chi connectivity index (χ1) is 19.6. The quantitative estimate of drug-likeness (QED) is 0.513. The molecule has 2 aliphatic heterocycles. The highest BCUT2D eigenvalue weighted by Crippen LogP contribution is 2.33. The minimum absolute atomic E-state index is 0.0361. The molecule has 1 atom stereocenters. The molecular formula is C31H41N5O5. The molecule has 0 bridgehead atoms. The lowest BCUT2D eigenvalue weighted by molar-refractivity contribution is 0.0142. The molecule has 10 heteroatoms. The molecule has 3 amide bonds. The molecule has 0 N–H and O–H groups in total. The summed E-state index contributed by atoms with van der Waals surface area (Å²) in [6.45, 7) is 8.04. The van der Waals surface area contributed by atoms with Crippen LogP contribution in [0.5, 0.6) is 0 Å². The van der Waals surface area contributed by atoms with Gasteiger partial charge in [0, 0.05) is 62.3 Å². The number of amides is 3. The third-order valence-corrected chi connectivity index (χ3v) is 7.98. The van der Waals surface area contributed by atoms with Gasteiger partial charge in [-0.05, 0) is 71.4 Å². The summed E-state index contributed by atoms with van der Waals surface area (Å²) in [6.07, 6.45) is 8.20. The number of piperidine rings is 1. The van der Waals surface area contributed by atoms with Crippen molar-refractivity contribution in [1.29, 1.82) is 0 Å². The van der Waals surface area contributed by atoms with E-state index in [0.29, 0.717) is 49.5 Å². The summed E-state index contributed by atoms with van der Waals surface area (Å²) in [5.74, 6) is 0.398. The van der Waals surface area contributed by atoms with Crippen LogP contribution in [0.1, 0.15) is 80.0 Å². The van der Waals surface area contributed by atoms with Gasteiger partial charge in [-0.3, -0.25) is 9.59 Å². The first kappa shape index (κ1) is 29.0. The van der Waals surface area contributed by atoms with Crippen LogP contribution in [0.3, 0.4) is 0 Å². The summed E-state index contributed by atoms with van der Waals surface area (Å²) in [4.78, 5) is 53.5. The van der Waals surface area contributed by atoms with Crippen molar-refractivity contribution < 1.29 is 23.9 Å². The molecule has 1 aromatic heterocycles. The Morgan fingerprint density at radius 2 is 1.51 bits per heavy atom. The molecule has 1 aromatic carbocycles. The molecule has 2 aromatic rings. The largest absolute Gasteiger partial charge is 0.444 e. The minimum atomic E-state index is -0.531. The van der Waals surface area contributed by atoms with Crippen LogP contribution in [0.4, 0.5) is 4.79 Å². The van der Waals surface area contributed by atoms with Crippen molar-refractivity contribution in [3.63, 3.8) is 0 Å². The Kier molecular flexibility index (Phi) is 8.58. The molecule has 1 unspecified atom stereocenters. The Morgan fingerprint density at radius 3 is 2.07 bits per heavy atom. The van der Waals surface area contributed by atoms with Crippen molar-refractivity contribution >= 4 is 17.9 Å². The molecule has 1 aliphatic carbocycles. The second kappa shape index (κ2) is 12.1. The Labute approximate surface area is 242 Å². The lowest BCUT2D eigenvalue weighted by Crippen LogP contribution is -2.50. The van der Waals surface area contributed by atoms with Gasteiger partial charge in [-0.15, -0.1) is 0 Å². The third kappa shape index (κ3) is 7.04. The lowest BCUT2D eigenvalue weighted by Gasteiger charge is -2.39. The maximum absolute atomic E-state index is 13.6. The van der Waals surface area contributed by atoms with Crippen molar-refractivity contribution in [3.8, 4) is 11.4 Å². The predicted molar refractivity (Wildman–Crippen MR) is 153 cm³/mol. The van der Waals surface area contributed by atoms with Gasteiger partial charge in [0.1, 0.15) is 5.60 Å². The lowest BCUT2D eigenvalue weighted by atomic mass is 10.0. The number of carbonyl (C=O) groups excluding carboxylic acids is 3. The molecule has 1 saturated carbocycles. The molecule has 0 radical (unpaired) electrons. The molecule has 10 nitrogen and oxygen atoms in total. The number of nitrogens with zero attached hydrogens (tertiary/aromatic N) is 5. The summed E-state index contributed by atoms with van der Waals surface area (Å²) in [6, 6.07) is 7.64. The highest BCUT2D eigenvalue weighted by molar-refractivity contribution is 5.95. The summed E-state index contributed by atoms with van der Waals surface area (Å²) in [5, 5.41) is 0. The highest BCUT2D eigenvalue weighted by Gasteiger charge is 2.40. The number of aromatic nitrogens is 2. The van der Waals surface area contributed by atoms with Crippen molar-refractivity contribution in [2.45, 2.75) is 83.0 Å². The number of carbonyl (C=O) groups is 3. The van der Waals surface area contributed by atoms with E-state index in [9.17, 15) is 14.4 Å². The van der Waals surface area contributed by atoms with Crippen LogP contribution in [-0.4, -0.2) is 99.7 Å². The maximum atomic E-state index is 13.6. The zero-order valence-electron chi connectivity index (χ0n) is 24.5. The second-order valence-electron chi connectivity index (χ2n) is 12.3. The summed E-state index contributed by atoms with van der Waals surface area (Å²) in [5.41, 5.74) is 1.30. The van der Waals surface area contributed by atoms with E-state index in [-0.39, 0.29) is 36.0 Å².